The Hall–Kier alpha value is -0.900. The topological polar surface area (TPSA) is 41.5 Å². The second kappa shape index (κ2) is 6.32. The molecular weight excluding hydrogens is 226 g/mol. The molecule has 100 valence electrons. The lowest BCUT2D eigenvalue weighted by atomic mass is 9.96. The molecule has 0 bridgehead atoms. The van der Waals surface area contributed by atoms with Crippen LogP contribution in [0.2, 0.25) is 0 Å². The molecule has 3 nitrogen and oxygen atoms in total. The Balaban J connectivity index is 1.71. The van der Waals surface area contributed by atoms with Gasteiger partial charge in [-0.25, -0.2) is 0 Å². The van der Waals surface area contributed by atoms with Gasteiger partial charge in [0, 0.05) is 13.2 Å². The average Bonchev–Trinajstić information content (AvgIpc) is 2.89. The van der Waals surface area contributed by atoms with E-state index >= 15 is 0 Å². The van der Waals surface area contributed by atoms with Gasteiger partial charge in [-0.1, -0.05) is 30.3 Å². The van der Waals surface area contributed by atoms with Crippen molar-refractivity contribution in [3.05, 3.63) is 35.9 Å². The fourth-order valence-corrected chi connectivity index (χ4v) is 2.37. The molecule has 2 rings (SSSR count). The first-order valence-corrected chi connectivity index (χ1v) is 6.79. The van der Waals surface area contributed by atoms with Crippen molar-refractivity contribution in [3.63, 3.8) is 0 Å². The predicted octanol–water partition coefficient (Wildman–Crippen LogP) is 2.05. The van der Waals surface area contributed by atoms with E-state index in [1.165, 1.54) is 12.8 Å². The van der Waals surface area contributed by atoms with Gasteiger partial charge in [-0.2, -0.15) is 0 Å². The van der Waals surface area contributed by atoms with E-state index in [4.69, 9.17) is 4.74 Å². The minimum atomic E-state index is -0.808. The monoisotopic (exact) mass is 249 g/mol. The second-order valence-electron chi connectivity index (χ2n) is 5.24. The minimum Gasteiger partial charge on any atom is -0.384 e. The molecule has 0 spiro atoms. The summed E-state index contributed by atoms with van der Waals surface area (Å²) in [6.45, 7) is 4.23. The number of rotatable bonds is 6. The van der Waals surface area contributed by atoms with Gasteiger partial charge in [-0.3, -0.25) is 0 Å². The van der Waals surface area contributed by atoms with Crippen LogP contribution in [0.5, 0.6) is 0 Å². The van der Waals surface area contributed by atoms with Gasteiger partial charge in [0.05, 0.1) is 11.7 Å². The van der Waals surface area contributed by atoms with Crippen molar-refractivity contribution in [3.8, 4) is 0 Å². The molecule has 1 aromatic rings. The maximum Gasteiger partial charge on any atom is 0.0992 e. The van der Waals surface area contributed by atoms with Gasteiger partial charge < -0.3 is 15.2 Å². The maximum absolute atomic E-state index is 10.4. The zero-order valence-electron chi connectivity index (χ0n) is 11.1. The Bertz CT molecular complexity index is 345. The van der Waals surface area contributed by atoms with Crippen molar-refractivity contribution in [1.82, 2.24) is 5.32 Å². The first-order chi connectivity index (χ1) is 8.68. The van der Waals surface area contributed by atoms with E-state index in [0.717, 1.165) is 25.1 Å². The number of hydrogen-bond donors (Lipinski definition) is 2. The highest BCUT2D eigenvalue weighted by molar-refractivity contribution is 5.21. The van der Waals surface area contributed by atoms with E-state index in [1.54, 1.807) is 0 Å². The largest absolute Gasteiger partial charge is 0.384 e. The molecule has 1 saturated heterocycles. The Morgan fingerprint density at radius 3 is 2.83 bits per heavy atom. The summed E-state index contributed by atoms with van der Waals surface area (Å²) >= 11 is 0. The molecule has 1 aliphatic rings. The number of aliphatic hydroxyl groups is 1. The fraction of sp³-hybridized carbons (Fsp3) is 0.600. The lowest BCUT2D eigenvalue weighted by Gasteiger charge is -2.24. The molecule has 0 radical (unpaired) electrons. The van der Waals surface area contributed by atoms with Gasteiger partial charge in [0.15, 0.2) is 0 Å². The van der Waals surface area contributed by atoms with Crippen molar-refractivity contribution in [1.29, 1.82) is 0 Å². The highest BCUT2D eigenvalue weighted by atomic mass is 16.5. The quantitative estimate of drug-likeness (QED) is 0.758. The van der Waals surface area contributed by atoms with E-state index < -0.39 is 5.60 Å². The van der Waals surface area contributed by atoms with Crippen molar-refractivity contribution in [2.24, 2.45) is 0 Å². The van der Waals surface area contributed by atoms with E-state index in [2.05, 4.69) is 5.32 Å². The first kappa shape index (κ1) is 13.5. The molecule has 2 unspecified atom stereocenters. The lowest BCUT2D eigenvalue weighted by molar-refractivity contribution is 0.0543. The molecule has 2 N–H and O–H groups in total. The van der Waals surface area contributed by atoms with Crippen LogP contribution in [0, 0.1) is 0 Å². The molecule has 3 heteroatoms. The standard InChI is InChI=1S/C15H23NO2/c1-15(17,13-6-3-2-4-7-13)12-16-10-9-14-8-5-11-18-14/h2-4,6-7,14,16-17H,5,8-12H2,1H3. The van der Waals surface area contributed by atoms with Crippen LogP contribution in [0.1, 0.15) is 31.7 Å². The third-order valence-corrected chi connectivity index (χ3v) is 3.53. The normalized spacial score (nSPS) is 22.9. The highest BCUT2D eigenvalue weighted by Crippen LogP contribution is 2.19. The van der Waals surface area contributed by atoms with Crippen LogP contribution in [0.3, 0.4) is 0 Å². The van der Waals surface area contributed by atoms with E-state index in [-0.39, 0.29) is 0 Å². The van der Waals surface area contributed by atoms with E-state index in [0.29, 0.717) is 12.6 Å². The molecule has 1 aliphatic heterocycles. The van der Waals surface area contributed by atoms with Gasteiger partial charge in [0.25, 0.3) is 0 Å². The highest BCUT2D eigenvalue weighted by Gasteiger charge is 2.22. The van der Waals surface area contributed by atoms with Crippen molar-refractivity contribution in [2.75, 3.05) is 19.7 Å². The van der Waals surface area contributed by atoms with Crippen molar-refractivity contribution in [2.45, 2.75) is 37.9 Å². The third-order valence-electron chi connectivity index (χ3n) is 3.53. The molecule has 18 heavy (non-hydrogen) atoms. The number of benzene rings is 1. The molecular formula is C15H23NO2. The molecule has 0 aliphatic carbocycles. The van der Waals surface area contributed by atoms with Crippen molar-refractivity contribution < 1.29 is 9.84 Å². The molecule has 2 atom stereocenters. The van der Waals surface area contributed by atoms with Crippen LogP contribution in [-0.2, 0) is 10.3 Å². The van der Waals surface area contributed by atoms with Crippen LogP contribution < -0.4 is 5.32 Å². The summed E-state index contributed by atoms with van der Waals surface area (Å²) in [6, 6.07) is 9.79. The summed E-state index contributed by atoms with van der Waals surface area (Å²) < 4.78 is 5.57. The van der Waals surface area contributed by atoms with Crippen LogP contribution in [0.4, 0.5) is 0 Å². The van der Waals surface area contributed by atoms with Crippen LogP contribution >= 0.6 is 0 Å². The van der Waals surface area contributed by atoms with Crippen LogP contribution in [0.25, 0.3) is 0 Å². The molecule has 1 fully saturated rings. The Morgan fingerprint density at radius 2 is 2.17 bits per heavy atom. The first-order valence-electron chi connectivity index (χ1n) is 6.79. The van der Waals surface area contributed by atoms with E-state index in [9.17, 15) is 5.11 Å². The number of ether oxygens (including phenoxy) is 1. The fourth-order valence-electron chi connectivity index (χ4n) is 2.37. The Kier molecular flexibility index (Phi) is 4.75. The van der Waals surface area contributed by atoms with Crippen LogP contribution in [0.15, 0.2) is 30.3 Å². The smallest absolute Gasteiger partial charge is 0.0992 e. The van der Waals surface area contributed by atoms with Gasteiger partial charge in [-0.05, 0) is 38.3 Å². The SMILES string of the molecule is CC(O)(CNCCC1CCCO1)c1ccccc1. The zero-order chi connectivity index (χ0) is 12.8. The zero-order valence-corrected chi connectivity index (χ0v) is 11.1. The van der Waals surface area contributed by atoms with Gasteiger partial charge in [0.1, 0.15) is 0 Å². The van der Waals surface area contributed by atoms with Gasteiger partial charge in [0.2, 0.25) is 0 Å². The van der Waals surface area contributed by atoms with Crippen LogP contribution in [-0.4, -0.2) is 30.9 Å². The molecule has 1 aromatic carbocycles. The number of hydrogen-bond acceptors (Lipinski definition) is 3. The second-order valence-corrected chi connectivity index (χ2v) is 5.24. The van der Waals surface area contributed by atoms with Gasteiger partial charge in [-0.15, -0.1) is 0 Å². The third kappa shape index (κ3) is 3.80. The predicted molar refractivity (Wildman–Crippen MR) is 72.5 cm³/mol. The summed E-state index contributed by atoms with van der Waals surface area (Å²) in [7, 11) is 0. The van der Waals surface area contributed by atoms with Crippen molar-refractivity contribution >= 4 is 0 Å². The summed E-state index contributed by atoms with van der Waals surface area (Å²) in [6.07, 6.45) is 3.81. The summed E-state index contributed by atoms with van der Waals surface area (Å²) in [5, 5.41) is 13.7. The average molecular weight is 249 g/mol. The molecule has 0 amide bonds. The molecule has 0 aromatic heterocycles. The Morgan fingerprint density at radius 1 is 1.39 bits per heavy atom. The summed E-state index contributed by atoms with van der Waals surface area (Å²) in [5.41, 5.74) is 0.146. The van der Waals surface area contributed by atoms with Gasteiger partial charge >= 0.3 is 0 Å². The maximum atomic E-state index is 10.4. The lowest BCUT2D eigenvalue weighted by Crippen LogP contribution is -2.36. The van der Waals surface area contributed by atoms with E-state index in [1.807, 2.05) is 37.3 Å². The minimum absolute atomic E-state index is 0.416. The summed E-state index contributed by atoms with van der Waals surface area (Å²) in [4.78, 5) is 0. The number of nitrogens with one attached hydrogen (secondary N) is 1. The molecule has 1 heterocycles. The Labute approximate surface area is 109 Å². The summed E-state index contributed by atoms with van der Waals surface area (Å²) in [5.74, 6) is 0. The molecule has 0 saturated carbocycles.